The molecule has 0 bridgehead atoms. The molecular weight excluding hydrogens is 391 g/mol. The lowest BCUT2D eigenvalue weighted by Crippen LogP contribution is -2.46. The Balaban J connectivity index is 1.40. The summed E-state index contributed by atoms with van der Waals surface area (Å²) >= 11 is 0. The van der Waals surface area contributed by atoms with Crippen molar-refractivity contribution in [3.8, 4) is 6.07 Å². The van der Waals surface area contributed by atoms with Crippen LogP contribution in [0.25, 0.3) is 0 Å². The highest BCUT2D eigenvalue weighted by molar-refractivity contribution is 5.60. The number of benzene rings is 1. The number of aromatic nitrogens is 2. The second kappa shape index (κ2) is 9.00. The van der Waals surface area contributed by atoms with Gasteiger partial charge in [0, 0.05) is 50.3 Å². The number of hydrogen-bond acceptors (Lipinski definition) is 6. The SMILES string of the molecule is Cc1cc(NCc2ccnc(N3CCN(c4ccc(F)cc4)CC3)c2)c(C#N)c(C)n1. The Bertz CT molecular complexity index is 1100. The predicted octanol–water partition coefficient (Wildman–Crippen LogP) is 4.04. The first-order chi connectivity index (χ1) is 15.0. The van der Waals surface area contributed by atoms with Gasteiger partial charge in [0.1, 0.15) is 17.7 Å². The summed E-state index contributed by atoms with van der Waals surface area (Å²) in [6, 6.07) is 14.9. The van der Waals surface area contributed by atoms with Gasteiger partial charge in [-0.2, -0.15) is 5.26 Å². The number of rotatable bonds is 5. The fourth-order valence-corrected chi connectivity index (χ4v) is 3.90. The van der Waals surface area contributed by atoms with Crippen LogP contribution in [-0.2, 0) is 6.54 Å². The van der Waals surface area contributed by atoms with Crippen molar-refractivity contribution in [3.05, 3.63) is 77.0 Å². The molecule has 31 heavy (non-hydrogen) atoms. The molecular formula is C24H25FN6. The molecule has 1 aliphatic rings. The maximum atomic E-state index is 13.2. The lowest BCUT2D eigenvalue weighted by molar-refractivity contribution is 0.624. The highest BCUT2D eigenvalue weighted by Crippen LogP contribution is 2.22. The molecule has 0 saturated carbocycles. The Morgan fingerprint density at radius 1 is 1.03 bits per heavy atom. The molecule has 0 atom stereocenters. The van der Waals surface area contributed by atoms with Gasteiger partial charge in [0.2, 0.25) is 0 Å². The maximum Gasteiger partial charge on any atom is 0.128 e. The standard InChI is InChI=1S/C24H25FN6/c1-17-13-23(22(15-26)18(2)29-17)28-16-19-7-8-27-24(14-19)31-11-9-30(10-12-31)21-5-3-20(25)4-6-21/h3-8,13-14H,9-12,16H2,1-2H3,(H,28,29). The molecule has 0 unspecified atom stereocenters. The number of hydrogen-bond donors (Lipinski definition) is 1. The Labute approximate surface area is 182 Å². The Morgan fingerprint density at radius 2 is 1.74 bits per heavy atom. The van der Waals surface area contributed by atoms with E-state index in [1.165, 1.54) is 12.1 Å². The van der Waals surface area contributed by atoms with Gasteiger partial charge in [-0.1, -0.05) is 0 Å². The number of piperazine rings is 1. The van der Waals surface area contributed by atoms with Crippen molar-refractivity contribution in [1.29, 1.82) is 5.26 Å². The zero-order valence-electron chi connectivity index (χ0n) is 17.8. The van der Waals surface area contributed by atoms with E-state index in [1.54, 1.807) is 0 Å². The number of anilines is 3. The summed E-state index contributed by atoms with van der Waals surface area (Å²) in [5.74, 6) is 0.733. The average Bonchev–Trinajstić information content (AvgIpc) is 2.78. The van der Waals surface area contributed by atoms with Crippen LogP contribution in [-0.4, -0.2) is 36.1 Å². The molecule has 3 heterocycles. The van der Waals surface area contributed by atoms with Crippen molar-refractivity contribution in [3.63, 3.8) is 0 Å². The van der Waals surface area contributed by atoms with E-state index in [4.69, 9.17) is 0 Å². The zero-order valence-corrected chi connectivity index (χ0v) is 17.8. The van der Waals surface area contributed by atoms with E-state index in [2.05, 4.69) is 37.2 Å². The number of nitrogens with zero attached hydrogens (tertiary/aromatic N) is 5. The third kappa shape index (κ3) is 4.75. The van der Waals surface area contributed by atoms with Crippen molar-refractivity contribution in [2.24, 2.45) is 0 Å². The molecule has 0 spiro atoms. The van der Waals surface area contributed by atoms with E-state index < -0.39 is 0 Å². The Kier molecular flexibility index (Phi) is 5.99. The van der Waals surface area contributed by atoms with E-state index in [0.29, 0.717) is 12.1 Å². The van der Waals surface area contributed by atoms with Crippen LogP contribution in [0.3, 0.4) is 0 Å². The molecule has 0 radical (unpaired) electrons. The van der Waals surface area contributed by atoms with Gasteiger partial charge in [-0.25, -0.2) is 9.37 Å². The predicted molar refractivity (Wildman–Crippen MR) is 121 cm³/mol. The lowest BCUT2D eigenvalue weighted by Gasteiger charge is -2.36. The van der Waals surface area contributed by atoms with Gasteiger partial charge in [0.05, 0.1) is 16.9 Å². The van der Waals surface area contributed by atoms with Crippen LogP contribution in [0.4, 0.5) is 21.6 Å². The van der Waals surface area contributed by atoms with Crippen LogP contribution < -0.4 is 15.1 Å². The minimum absolute atomic E-state index is 0.212. The van der Waals surface area contributed by atoms with Gasteiger partial charge >= 0.3 is 0 Å². The summed E-state index contributed by atoms with van der Waals surface area (Å²) in [7, 11) is 0. The second-order valence-corrected chi connectivity index (χ2v) is 7.71. The third-order valence-electron chi connectivity index (χ3n) is 5.53. The number of nitriles is 1. The number of aryl methyl sites for hydroxylation is 2. The Morgan fingerprint density at radius 3 is 2.45 bits per heavy atom. The molecule has 1 fully saturated rings. The van der Waals surface area contributed by atoms with E-state index in [9.17, 15) is 9.65 Å². The monoisotopic (exact) mass is 416 g/mol. The third-order valence-corrected chi connectivity index (χ3v) is 5.53. The number of nitrogens with one attached hydrogen (secondary N) is 1. The molecule has 1 aliphatic heterocycles. The minimum atomic E-state index is -0.212. The summed E-state index contributed by atoms with van der Waals surface area (Å²) in [5.41, 5.74) is 5.15. The molecule has 6 nitrogen and oxygen atoms in total. The largest absolute Gasteiger partial charge is 0.380 e. The van der Waals surface area contributed by atoms with Crippen molar-refractivity contribution in [2.75, 3.05) is 41.3 Å². The van der Waals surface area contributed by atoms with Crippen LogP contribution >= 0.6 is 0 Å². The van der Waals surface area contributed by atoms with Crippen molar-refractivity contribution < 1.29 is 4.39 Å². The molecule has 4 rings (SSSR count). The fourth-order valence-electron chi connectivity index (χ4n) is 3.90. The van der Waals surface area contributed by atoms with Crippen LogP contribution in [0.1, 0.15) is 22.5 Å². The summed E-state index contributed by atoms with van der Waals surface area (Å²) in [6.45, 7) is 7.80. The van der Waals surface area contributed by atoms with Gasteiger partial charge in [0.25, 0.3) is 0 Å². The zero-order chi connectivity index (χ0) is 21.8. The normalized spacial score (nSPS) is 13.7. The van der Waals surface area contributed by atoms with Crippen LogP contribution in [0, 0.1) is 31.0 Å². The molecule has 0 aliphatic carbocycles. The maximum absolute atomic E-state index is 13.2. The molecule has 158 valence electrons. The summed E-state index contributed by atoms with van der Waals surface area (Å²) < 4.78 is 13.2. The Hall–Kier alpha value is -3.66. The molecule has 3 aromatic rings. The minimum Gasteiger partial charge on any atom is -0.380 e. The average molecular weight is 417 g/mol. The number of pyridine rings is 2. The van der Waals surface area contributed by atoms with E-state index in [0.717, 1.165) is 60.3 Å². The molecule has 0 amide bonds. The molecule has 7 heteroatoms. The highest BCUT2D eigenvalue weighted by atomic mass is 19.1. The molecule has 2 aromatic heterocycles. The topological polar surface area (TPSA) is 68.1 Å². The first-order valence-corrected chi connectivity index (χ1v) is 10.4. The van der Waals surface area contributed by atoms with Crippen LogP contribution in [0.2, 0.25) is 0 Å². The molecule has 1 aromatic carbocycles. The lowest BCUT2D eigenvalue weighted by atomic mass is 10.1. The molecule has 1 N–H and O–H groups in total. The van der Waals surface area contributed by atoms with Gasteiger partial charge in [-0.05, 0) is 61.9 Å². The number of halogens is 1. The van der Waals surface area contributed by atoms with E-state index >= 15 is 0 Å². The quantitative estimate of drug-likeness (QED) is 0.677. The molecule has 1 saturated heterocycles. The van der Waals surface area contributed by atoms with Gasteiger partial charge in [0.15, 0.2) is 0 Å². The van der Waals surface area contributed by atoms with Gasteiger partial charge in [-0.3, -0.25) is 4.98 Å². The first-order valence-electron chi connectivity index (χ1n) is 10.4. The van der Waals surface area contributed by atoms with Crippen LogP contribution in [0.15, 0.2) is 48.7 Å². The summed E-state index contributed by atoms with van der Waals surface area (Å²) in [6.07, 6.45) is 1.83. The van der Waals surface area contributed by atoms with E-state index in [-0.39, 0.29) is 5.82 Å². The van der Waals surface area contributed by atoms with E-state index in [1.807, 2.05) is 44.3 Å². The summed E-state index contributed by atoms with van der Waals surface area (Å²) in [4.78, 5) is 13.5. The van der Waals surface area contributed by atoms with Crippen LogP contribution in [0.5, 0.6) is 0 Å². The van der Waals surface area contributed by atoms with Crippen molar-refractivity contribution in [2.45, 2.75) is 20.4 Å². The van der Waals surface area contributed by atoms with Gasteiger partial charge < -0.3 is 15.1 Å². The van der Waals surface area contributed by atoms with Gasteiger partial charge in [-0.15, -0.1) is 0 Å². The highest BCUT2D eigenvalue weighted by Gasteiger charge is 2.18. The van der Waals surface area contributed by atoms with Crippen molar-refractivity contribution in [1.82, 2.24) is 9.97 Å². The van der Waals surface area contributed by atoms with Crippen molar-refractivity contribution >= 4 is 17.2 Å². The fraction of sp³-hybridized carbons (Fsp3) is 0.292. The summed E-state index contributed by atoms with van der Waals surface area (Å²) in [5, 5.41) is 12.8. The first kappa shape index (κ1) is 20.6. The second-order valence-electron chi connectivity index (χ2n) is 7.71. The smallest absolute Gasteiger partial charge is 0.128 e.